The summed E-state index contributed by atoms with van der Waals surface area (Å²) in [5, 5.41) is 0. The van der Waals surface area contributed by atoms with Crippen LogP contribution in [0.5, 0.6) is 5.75 Å². The number of ether oxygens (including phenoxy) is 2. The Morgan fingerprint density at radius 1 is 1.28 bits per heavy atom. The lowest BCUT2D eigenvalue weighted by molar-refractivity contribution is -0.143. The first-order valence-electron chi connectivity index (χ1n) is 5.93. The molecule has 4 nitrogen and oxygen atoms in total. The van der Waals surface area contributed by atoms with Crippen LogP contribution in [0.2, 0.25) is 0 Å². The molecule has 100 valence electrons. The maximum atomic E-state index is 11.4. The van der Waals surface area contributed by atoms with E-state index in [-0.39, 0.29) is 11.4 Å². The zero-order chi connectivity index (χ0) is 13.6. The fourth-order valence-electron chi connectivity index (χ4n) is 1.86. The van der Waals surface area contributed by atoms with Crippen molar-refractivity contribution in [1.29, 1.82) is 0 Å². The topological polar surface area (TPSA) is 61.5 Å². The second-order valence-corrected chi connectivity index (χ2v) is 4.79. The summed E-state index contributed by atoms with van der Waals surface area (Å²) in [5.41, 5.74) is 6.64. The Labute approximate surface area is 108 Å². The molecule has 0 aliphatic rings. The summed E-state index contributed by atoms with van der Waals surface area (Å²) in [6.45, 7) is 2.43. The lowest BCUT2D eigenvalue weighted by atomic mass is 9.80. The van der Waals surface area contributed by atoms with Gasteiger partial charge in [-0.2, -0.15) is 0 Å². The second-order valence-electron chi connectivity index (χ2n) is 4.79. The van der Waals surface area contributed by atoms with Crippen LogP contribution in [0.4, 0.5) is 0 Å². The van der Waals surface area contributed by atoms with Crippen LogP contribution in [-0.2, 0) is 16.0 Å². The minimum absolute atomic E-state index is 0.225. The molecule has 0 heterocycles. The van der Waals surface area contributed by atoms with Gasteiger partial charge in [0.1, 0.15) is 5.75 Å². The van der Waals surface area contributed by atoms with Gasteiger partial charge in [0.15, 0.2) is 0 Å². The number of methoxy groups -OCH3 is 2. The fraction of sp³-hybridized carbons (Fsp3) is 0.500. The van der Waals surface area contributed by atoms with Gasteiger partial charge in [0.2, 0.25) is 0 Å². The SMILES string of the molecule is COC(=O)CC(C)(CN)Cc1ccc(OC)cc1. The first-order chi connectivity index (χ1) is 8.53. The van der Waals surface area contributed by atoms with E-state index in [1.54, 1.807) is 7.11 Å². The van der Waals surface area contributed by atoms with Gasteiger partial charge in [0, 0.05) is 0 Å². The minimum Gasteiger partial charge on any atom is -0.497 e. The summed E-state index contributed by atoms with van der Waals surface area (Å²) in [6, 6.07) is 7.79. The van der Waals surface area contributed by atoms with Gasteiger partial charge in [-0.25, -0.2) is 0 Å². The highest BCUT2D eigenvalue weighted by atomic mass is 16.5. The van der Waals surface area contributed by atoms with Crippen molar-refractivity contribution < 1.29 is 14.3 Å². The van der Waals surface area contributed by atoms with E-state index < -0.39 is 0 Å². The summed E-state index contributed by atoms with van der Waals surface area (Å²) in [7, 11) is 3.03. The third-order valence-corrected chi connectivity index (χ3v) is 3.08. The Hall–Kier alpha value is -1.55. The molecule has 0 amide bonds. The van der Waals surface area contributed by atoms with Gasteiger partial charge in [-0.05, 0) is 36.1 Å². The van der Waals surface area contributed by atoms with Crippen molar-refractivity contribution in [3.63, 3.8) is 0 Å². The van der Waals surface area contributed by atoms with Gasteiger partial charge >= 0.3 is 5.97 Å². The molecule has 0 aliphatic heterocycles. The van der Waals surface area contributed by atoms with Crippen molar-refractivity contribution in [2.75, 3.05) is 20.8 Å². The maximum Gasteiger partial charge on any atom is 0.306 e. The molecule has 0 saturated heterocycles. The molecular formula is C14H21NO3. The zero-order valence-electron chi connectivity index (χ0n) is 11.2. The number of rotatable bonds is 6. The predicted molar refractivity (Wildman–Crippen MR) is 70.5 cm³/mol. The van der Waals surface area contributed by atoms with Crippen molar-refractivity contribution >= 4 is 5.97 Å². The van der Waals surface area contributed by atoms with Gasteiger partial charge in [-0.1, -0.05) is 19.1 Å². The van der Waals surface area contributed by atoms with Gasteiger partial charge < -0.3 is 15.2 Å². The van der Waals surface area contributed by atoms with E-state index in [2.05, 4.69) is 0 Å². The van der Waals surface area contributed by atoms with E-state index in [0.29, 0.717) is 13.0 Å². The van der Waals surface area contributed by atoms with Crippen LogP contribution in [0.25, 0.3) is 0 Å². The van der Waals surface area contributed by atoms with Crippen LogP contribution >= 0.6 is 0 Å². The summed E-state index contributed by atoms with van der Waals surface area (Å²) in [6.07, 6.45) is 1.06. The molecule has 0 aliphatic carbocycles. The molecule has 0 aromatic heterocycles. The Balaban J connectivity index is 2.74. The highest BCUT2D eigenvalue weighted by molar-refractivity contribution is 5.70. The highest BCUT2D eigenvalue weighted by Gasteiger charge is 2.27. The summed E-state index contributed by atoms with van der Waals surface area (Å²) < 4.78 is 9.82. The molecule has 1 aromatic rings. The average molecular weight is 251 g/mol. The summed E-state index contributed by atoms with van der Waals surface area (Å²) in [5.74, 6) is 0.595. The number of carbonyl (C=O) groups excluding carboxylic acids is 1. The zero-order valence-corrected chi connectivity index (χ0v) is 11.2. The molecular weight excluding hydrogens is 230 g/mol. The van der Waals surface area contributed by atoms with Crippen molar-refractivity contribution in [1.82, 2.24) is 0 Å². The lowest BCUT2D eigenvalue weighted by Gasteiger charge is -2.26. The first kappa shape index (κ1) is 14.5. The monoisotopic (exact) mass is 251 g/mol. The number of hydrogen-bond donors (Lipinski definition) is 1. The van der Waals surface area contributed by atoms with Crippen molar-refractivity contribution in [3.05, 3.63) is 29.8 Å². The van der Waals surface area contributed by atoms with Crippen molar-refractivity contribution in [2.24, 2.45) is 11.1 Å². The molecule has 1 unspecified atom stereocenters. The fourth-order valence-corrected chi connectivity index (χ4v) is 1.86. The molecule has 0 saturated carbocycles. The van der Waals surface area contributed by atoms with E-state index in [9.17, 15) is 4.79 Å². The van der Waals surface area contributed by atoms with E-state index in [0.717, 1.165) is 17.7 Å². The van der Waals surface area contributed by atoms with Crippen LogP contribution < -0.4 is 10.5 Å². The normalized spacial score (nSPS) is 13.8. The van der Waals surface area contributed by atoms with Crippen LogP contribution in [0, 0.1) is 5.41 Å². The number of carbonyl (C=O) groups is 1. The molecule has 1 rings (SSSR count). The summed E-state index contributed by atoms with van der Waals surface area (Å²) >= 11 is 0. The Morgan fingerprint density at radius 3 is 2.33 bits per heavy atom. The molecule has 0 fully saturated rings. The molecule has 0 bridgehead atoms. The maximum absolute atomic E-state index is 11.4. The summed E-state index contributed by atoms with van der Waals surface area (Å²) in [4.78, 5) is 11.4. The van der Waals surface area contributed by atoms with Crippen molar-refractivity contribution in [3.8, 4) is 5.75 Å². The van der Waals surface area contributed by atoms with Crippen LogP contribution in [0.1, 0.15) is 18.9 Å². The molecule has 1 atom stereocenters. The van der Waals surface area contributed by atoms with E-state index in [1.807, 2.05) is 31.2 Å². The number of benzene rings is 1. The van der Waals surface area contributed by atoms with E-state index >= 15 is 0 Å². The first-order valence-corrected chi connectivity index (χ1v) is 5.93. The van der Waals surface area contributed by atoms with Crippen LogP contribution in [0.3, 0.4) is 0 Å². The number of hydrogen-bond acceptors (Lipinski definition) is 4. The van der Waals surface area contributed by atoms with E-state index in [4.69, 9.17) is 15.2 Å². The highest BCUT2D eigenvalue weighted by Crippen LogP contribution is 2.26. The molecule has 4 heteroatoms. The molecule has 0 spiro atoms. The average Bonchev–Trinajstić information content (AvgIpc) is 2.39. The smallest absolute Gasteiger partial charge is 0.306 e. The molecule has 2 N–H and O–H groups in total. The minimum atomic E-state index is -0.276. The molecule has 18 heavy (non-hydrogen) atoms. The molecule has 0 radical (unpaired) electrons. The van der Waals surface area contributed by atoms with Crippen LogP contribution in [-0.4, -0.2) is 26.7 Å². The van der Waals surface area contributed by atoms with Crippen LogP contribution in [0.15, 0.2) is 24.3 Å². The number of esters is 1. The number of nitrogens with two attached hydrogens (primary N) is 1. The third-order valence-electron chi connectivity index (χ3n) is 3.08. The Bertz CT molecular complexity index is 389. The van der Waals surface area contributed by atoms with Gasteiger partial charge in [-0.3, -0.25) is 4.79 Å². The Morgan fingerprint density at radius 2 is 1.89 bits per heavy atom. The van der Waals surface area contributed by atoms with E-state index in [1.165, 1.54) is 7.11 Å². The standard InChI is InChI=1S/C14H21NO3/c1-14(10-15,9-13(16)18-3)8-11-4-6-12(17-2)7-5-11/h4-7H,8-10,15H2,1-3H3. The second kappa shape index (κ2) is 6.40. The molecule has 1 aromatic carbocycles. The third kappa shape index (κ3) is 4.04. The van der Waals surface area contributed by atoms with Crippen molar-refractivity contribution in [2.45, 2.75) is 19.8 Å². The quantitative estimate of drug-likeness (QED) is 0.783. The Kier molecular flexibility index (Phi) is 5.16. The van der Waals surface area contributed by atoms with Gasteiger partial charge in [0.05, 0.1) is 20.6 Å². The predicted octanol–water partition coefficient (Wildman–Crippen LogP) is 1.77. The van der Waals surface area contributed by atoms with Gasteiger partial charge in [-0.15, -0.1) is 0 Å². The lowest BCUT2D eigenvalue weighted by Crippen LogP contribution is -2.32. The van der Waals surface area contributed by atoms with Gasteiger partial charge in [0.25, 0.3) is 0 Å². The largest absolute Gasteiger partial charge is 0.497 e.